The summed E-state index contributed by atoms with van der Waals surface area (Å²) in [6, 6.07) is 13.7. The van der Waals surface area contributed by atoms with E-state index < -0.39 is 0 Å². The van der Waals surface area contributed by atoms with Crippen LogP contribution in [0.15, 0.2) is 53.9 Å². The van der Waals surface area contributed by atoms with Crippen molar-refractivity contribution in [1.82, 2.24) is 14.8 Å². The molecule has 0 unspecified atom stereocenters. The Balaban J connectivity index is 1.26. The van der Waals surface area contributed by atoms with Crippen LogP contribution in [0.3, 0.4) is 0 Å². The summed E-state index contributed by atoms with van der Waals surface area (Å²) in [7, 11) is 0. The lowest BCUT2D eigenvalue weighted by molar-refractivity contribution is -0.117. The average molecular weight is 439 g/mol. The largest absolute Gasteiger partial charge is 0.336 e. The molecule has 1 N–H and O–H groups in total. The van der Waals surface area contributed by atoms with Gasteiger partial charge in [-0.05, 0) is 31.2 Å². The molecule has 1 fully saturated rings. The second kappa shape index (κ2) is 9.36. The number of hydrogen-bond acceptors (Lipinski definition) is 5. The number of piperazine rings is 1. The first-order chi connectivity index (χ1) is 15.0. The first-order valence-corrected chi connectivity index (χ1v) is 11.0. The lowest BCUT2D eigenvalue weighted by atomic mass is 10.1. The van der Waals surface area contributed by atoms with Gasteiger partial charge in [0.2, 0.25) is 5.91 Å². The van der Waals surface area contributed by atoms with Gasteiger partial charge in [-0.3, -0.25) is 14.5 Å². The van der Waals surface area contributed by atoms with Gasteiger partial charge in [0.05, 0.1) is 12.2 Å². The SMILES string of the molecule is Cc1ccc(-c2csc(NC(=O)CN3CCN(C(=O)c4ccc(F)cc4)CC3)n2)cc1. The molecular weight excluding hydrogens is 415 g/mol. The number of carbonyl (C=O) groups is 2. The highest BCUT2D eigenvalue weighted by Crippen LogP contribution is 2.25. The van der Waals surface area contributed by atoms with Gasteiger partial charge in [0.15, 0.2) is 5.13 Å². The van der Waals surface area contributed by atoms with Crippen LogP contribution in [-0.2, 0) is 4.79 Å². The van der Waals surface area contributed by atoms with E-state index in [0.29, 0.717) is 36.9 Å². The molecule has 0 radical (unpaired) electrons. The molecule has 1 saturated heterocycles. The lowest BCUT2D eigenvalue weighted by Crippen LogP contribution is -2.50. The number of nitrogens with zero attached hydrogens (tertiary/aromatic N) is 3. The van der Waals surface area contributed by atoms with E-state index in [1.54, 1.807) is 4.90 Å². The van der Waals surface area contributed by atoms with Crippen LogP contribution >= 0.6 is 11.3 Å². The maximum atomic E-state index is 13.1. The molecule has 0 saturated carbocycles. The predicted molar refractivity (Wildman–Crippen MR) is 120 cm³/mol. The fourth-order valence-electron chi connectivity index (χ4n) is 3.43. The summed E-state index contributed by atoms with van der Waals surface area (Å²) in [5, 5.41) is 5.37. The van der Waals surface area contributed by atoms with Gasteiger partial charge in [0.25, 0.3) is 5.91 Å². The molecule has 0 spiro atoms. The van der Waals surface area contributed by atoms with E-state index in [-0.39, 0.29) is 24.2 Å². The van der Waals surface area contributed by atoms with Crippen molar-refractivity contribution < 1.29 is 14.0 Å². The average Bonchev–Trinajstić information content (AvgIpc) is 3.23. The Kier molecular flexibility index (Phi) is 6.39. The summed E-state index contributed by atoms with van der Waals surface area (Å²) in [4.78, 5) is 33.2. The third-order valence-electron chi connectivity index (χ3n) is 5.22. The standard InChI is InChI=1S/C23H23FN4O2S/c1-16-2-4-17(5-3-16)20-15-31-23(25-20)26-21(29)14-27-10-12-28(13-11-27)22(30)18-6-8-19(24)9-7-18/h2-9,15H,10-14H2,1H3,(H,25,26,29). The first-order valence-electron chi connectivity index (χ1n) is 10.1. The Labute approximate surface area is 184 Å². The van der Waals surface area contributed by atoms with Crippen molar-refractivity contribution in [2.24, 2.45) is 0 Å². The third-order valence-corrected chi connectivity index (χ3v) is 5.97. The Hall–Kier alpha value is -3.10. The summed E-state index contributed by atoms with van der Waals surface area (Å²) in [5.74, 6) is -0.600. The van der Waals surface area contributed by atoms with Gasteiger partial charge in [-0.1, -0.05) is 29.8 Å². The molecule has 0 atom stereocenters. The van der Waals surface area contributed by atoms with Gasteiger partial charge in [0.1, 0.15) is 5.82 Å². The number of nitrogens with one attached hydrogen (secondary N) is 1. The van der Waals surface area contributed by atoms with Gasteiger partial charge < -0.3 is 10.2 Å². The van der Waals surface area contributed by atoms with E-state index in [0.717, 1.165) is 11.3 Å². The molecular formula is C23H23FN4O2S. The fourth-order valence-corrected chi connectivity index (χ4v) is 4.17. The number of aryl methyl sites for hydroxylation is 1. The van der Waals surface area contributed by atoms with Crippen molar-refractivity contribution in [3.63, 3.8) is 0 Å². The molecule has 8 heteroatoms. The molecule has 31 heavy (non-hydrogen) atoms. The zero-order chi connectivity index (χ0) is 21.8. The van der Waals surface area contributed by atoms with Crippen molar-refractivity contribution >= 4 is 28.3 Å². The van der Waals surface area contributed by atoms with Crippen molar-refractivity contribution in [1.29, 1.82) is 0 Å². The number of benzene rings is 2. The van der Waals surface area contributed by atoms with Crippen LogP contribution in [-0.4, -0.2) is 59.3 Å². The topological polar surface area (TPSA) is 65.5 Å². The number of rotatable bonds is 5. The molecule has 0 bridgehead atoms. The number of halogens is 1. The second-order valence-electron chi connectivity index (χ2n) is 7.53. The zero-order valence-corrected chi connectivity index (χ0v) is 18.0. The molecule has 6 nitrogen and oxygen atoms in total. The number of carbonyl (C=O) groups excluding carboxylic acids is 2. The van der Waals surface area contributed by atoms with Crippen LogP contribution in [0.2, 0.25) is 0 Å². The molecule has 2 heterocycles. The van der Waals surface area contributed by atoms with E-state index in [1.165, 1.54) is 41.2 Å². The quantitative estimate of drug-likeness (QED) is 0.660. The van der Waals surface area contributed by atoms with Gasteiger partial charge in [-0.2, -0.15) is 0 Å². The minimum Gasteiger partial charge on any atom is -0.336 e. The molecule has 4 rings (SSSR count). The third kappa shape index (κ3) is 5.34. The van der Waals surface area contributed by atoms with E-state index >= 15 is 0 Å². The highest BCUT2D eigenvalue weighted by molar-refractivity contribution is 7.14. The summed E-state index contributed by atoms with van der Waals surface area (Å²) in [5.41, 5.74) is 3.52. The molecule has 1 aliphatic rings. The number of hydrogen-bond donors (Lipinski definition) is 1. The number of amides is 2. The maximum Gasteiger partial charge on any atom is 0.253 e. The highest BCUT2D eigenvalue weighted by Gasteiger charge is 2.23. The maximum absolute atomic E-state index is 13.1. The van der Waals surface area contributed by atoms with Gasteiger partial charge in [-0.25, -0.2) is 9.37 Å². The van der Waals surface area contributed by atoms with Crippen molar-refractivity contribution in [2.75, 3.05) is 38.0 Å². The summed E-state index contributed by atoms with van der Waals surface area (Å²) in [6.07, 6.45) is 0. The Morgan fingerprint density at radius 2 is 1.71 bits per heavy atom. The van der Waals surface area contributed by atoms with Crippen LogP contribution in [0.25, 0.3) is 11.3 Å². The van der Waals surface area contributed by atoms with Crippen LogP contribution in [0.1, 0.15) is 15.9 Å². The van der Waals surface area contributed by atoms with Crippen molar-refractivity contribution in [2.45, 2.75) is 6.92 Å². The molecule has 1 aromatic heterocycles. The Morgan fingerprint density at radius 3 is 2.39 bits per heavy atom. The van der Waals surface area contributed by atoms with Gasteiger partial charge >= 0.3 is 0 Å². The second-order valence-corrected chi connectivity index (χ2v) is 8.39. The predicted octanol–water partition coefficient (Wildman–Crippen LogP) is 3.65. The molecule has 160 valence electrons. The van der Waals surface area contributed by atoms with E-state index in [2.05, 4.69) is 10.3 Å². The van der Waals surface area contributed by atoms with Crippen molar-refractivity contribution in [3.8, 4) is 11.3 Å². The van der Waals surface area contributed by atoms with Crippen molar-refractivity contribution in [3.05, 3.63) is 70.9 Å². The number of thiazole rings is 1. The van der Waals surface area contributed by atoms with E-state index in [4.69, 9.17) is 0 Å². The first kappa shape index (κ1) is 21.1. The molecule has 2 aromatic carbocycles. The zero-order valence-electron chi connectivity index (χ0n) is 17.2. The van der Waals surface area contributed by atoms with Gasteiger partial charge in [-0.15, -0.1) is 11.3 Å². The van der Waals surface area contributed by atoms with E-state index in [1.807, 2.05) is 41.5 Å². The van der Waals surface area contributed by atoms with Crippen LogP contribution in [0.5, 0.6) is 0 Å². The van der Waals surface area contributed by atoms with Crippen LogP contribution in [0, 0.1) is 12.7 Å². The van der Waals surface area contributed by atoms with Crippen LogP contribution in [0.4, 0.5) is 9.52 Å². The molecule has 0 aliphatic carbocycles. The smallest absolute Gasteiger partial charge is 0.253 e. The normalized spacial score (nSPS) is 14.5. The number of anilines is 1. The van der Waals surface area contributed by atoms with Gasteiger partial charge in [0, 0.05) is 42.7 Å². The monoisotopic (exact) mass is 438 g/mol. The minimum absolute atomic E-state index is 0.115. The molecule has 3 aromatic rings. The minimum atomic E-state index is -0.362. The molecule has 1 aliphatic heterocycles. The Bertz CT molecular complexity index is 1060. The Morgan fingerprint density at radius 1 is 1.03 bits per heavy atom. The number of aromatic nitrogens is 1. The van der Waals surface area contributed by atoms with E-state index in [9.17, 15) is 14.0 Å². The highest BCUT2D eigenvalue weighted by atomic mass is 32.1. The van der Waals surface area contributed by atoms with Crippen LogP contribution < -0.4 is 5.32 Å². The summed E-state index contributed by atoms with van der Waals surface area (Å²) >= 11 is 1.40. The fraction of sp³-hybridized carbons (Fsp3) is 0.261. The summed E-state index contributed by atoms with van der Waals surface area (Å²) < 4.78 is 13.1. The lowest BCUT2D eigenvalue weighted by Gasteiger charge is -2.34. The summed E-state index contributed by atoms with van der Waals surface area (Å²) in [6.45, 7) is 4.54. The molecule has 2 amide bonds.